The number of nitriles is 1. The fraction of sp³-hybridized carbons (Fsp3) is 0.538. The minimum Gasteiger partial charge on any atom is -0.353 e. The van der Waals surface area contributed by atoms with Crippen LogP contribution in [0.1, 0.15) is 37.8 Å². The van der Waals surface area contributed by atoms with E-state index in [9.17, 15) is 0 Å². The number of pyridine rings is 1. The molecule has 0 bridgehead atoms. The zero-order valence-electron chi connectivity index (χ0n) is 10.1. The van der Waals surface area contributed by atoms with Crippen LogP contribution in [0.3, 0.4) is 0 Å². The molecule has 1 fully saturated rings. The van der Waals surface area contributed by atoms with Crippen molar-refractivity contribution in [1.82, 2.24) is 4.98 Å². The van der Waals surface area contributed by atoms with Gasteiger partial charge in [0.25, 0.3) is 0 Å². The van der Waals surface area contributed by atoms with Gasteiger partial charge in [0, 0.05) is 24.8 Å². The molecule has 1 aromatic rings. The number of nitrogens with two attached hydrogens (primary N) is 1. The van der Waals surface area contributed by atoms with Gasteiger partial charge < -0.3 is 10.6 Å². The van der Waals surface area contributed by atoms with Gasteiger partial charge in [0.2, 0.25) is 0 Å². The van der Waals surface area contributed by atoms with E-state index >= 15 is 0 Å². The standard InChI is InChI=1S/C13H18N4/c1-10(15)11-5-7-16-13(9-11)17(8-2-6-14)12-3-4-12/h5,7,9-10,12H,2-4,8,15H2,1H3. The van der Waals surface area contributed by atoms with Crippen molar-refractivity contribution in [1.29, 1.82) is 5.26 Å². The van der Waals surface area contributed by atoms with E-state index in [1.165, 1.54) is 12.8 Å². The van der Waals surface area contributed by atoms with E-state index in [1.54, 1.807) is 6.20 Å². The molecule has 4 heteroatoms. The molecule has 1 unspecified atom stereocenters. The maximum absolute atomic E-state index is 8.69. The van der Waals surface area contributed by atoms with Crippen LogP contribution in [0.25, 0.3) is 0 Å². The first-order chi connectivity index (χ1) is 8.22. The predicted molar refractivity (Wildman–Crippen MR) is 67.4 cm³/mol. The Morgan fingerprint density at radius 2 is 2.41 bits per heavy atom. The van der Waals surface area contributed by atoms with Crippen molar-refractivity contribution in [3.63, 3.8) is 0 Å². The number of hydrogen-bond acceptors (Lipinski definition) is 4. The van der Waals surface area contributed by atoms with Crippen molar-refractivity contribution in [3.05, 3.63) is 23.9 Å². The van der Waals surface area contributed by atoms with Gasteiger partial charge in [0.15, 0.2) is 0 Å². The molecule has 0 aromatic carbocycles. The Balaban J connectivity index is 2.17. The van der Waals surface area contributed by atoms with Crippen molar-refractivity contribution in [3.8, 4) is 6.07 Å². The normalized spacial score (nSPS) is 16.3. The molecule has 4 nitrogen and oxygen atoms in total. The molecule has 0 radical (unpaired) electrons. The fourth-order valence-corrected chi connectivity index (χ4v) is 1.92. The average Bonchev–Trinajstić information content (AvgIpc) is 3.14. The van der Waals surface area contributed by atoms with Crippen LogP contribution in [0.2, 0.25) is 0 Å². The summed E-state index contributed by atoms with van der Waals surface area (Å²) in [5, 5.41) is 8.69. The van der Waals surface area contributed by atoms with E-state index in [1.807, 2.05) is 19.1 Å². The van der Waals surface area contributed by atoms with Crippen LogP contribution in [0.15, 0.2) is 18.3 Å². The van der Waals surface area contributed by atoms with Gasteiger partial charge in [-0.15, -0.1) is 0 Å². The summed E-state index contributed by atoms with van der Waals surface area (Å²) in [4.78, 5) is 6.63. The highest BCUT2D eigenvalue weighted by atomic mass is 15.2. The van der Waals surface area contributed by atoms with Crippen LogP contribution < -0.4 is 10.6 Å². The molecule has 1 heterocycles. The third-order valence-electron chi connectivity index (χ3n) is 3.04. The summed E-state index contributed by atoms with van der Waals surface area (Å²) >= 11 is 0. The van der Waals surface area contributed by atoms with Gasteiger partial charge in [-0.25, -0.2) is 4.98 Å². The van der Waals surface area contributed by atoms with Gasteiger partial charge in [0.05, 0.1) is 12.5 Å². The molecule has 90 valence electrons. The number of aromatic nitrogens is 1. The van der Waals surface area contributed by atoms with Gasteiger partial charge in [-0.3, -0.25) is 0 Å². The molecular formula is C13H18N4. The molecule has 2 rings (SSSR count). The summed E-state index contributed by atoms with van der Waals surface area (Å²) in [6.45, 7) is 2.73. The summed E-state index contributed by atoms with van der Waals surface area (Å²) in [6.07, 6.45) is 4.75. The van der Waals surface area contributed by atoms with Crippen LogP contribution in [0.4, 0.5) is 5.82 Å². The number of nitrogens with zero attached hydrogens (tertiary/aromatic N) is 3. The van der Waals surface area contributed by atoms with Crippen LogP contribution in [-0.4, -0.2) is 17.6 Å². The molecule has 1 aliphatic carbocycles. The van der Waals surface area contributed by atoms with Crippen molar-refractivity contribution < 1.29 is 0 Å². The largest absolute Gasteiger partial charge is 0.353 e. The van der Waals surface area contributed by atoms with E-state index in [0.717, 1.165) is 17.9 Å². The lowest BCUT2D eigenvalue weighted by molar-refractivity contribution is 0.767. The Morgan fingerprint density at radius 3 is 3.00 bits per heavy atom. The van der Waals surface area contributed by atoms with E-state index < -0.39 is 0 Å². The summed E-state index contributed by atoms with van der Waals surface area (Å²) in [5.74, 6) is 0.956. The van der Waals surface area contributed by atoms with E-state index in [-0.39, 0.29) is 6.04 Å². The number of hydrogen-bond donors (Lipinski definition) is 1. The predicted octanol–water partition coefficient (Wildman–Crippen LogP) is 1.98. The monoisotopic (exact) mass is 230 g/mol. The molecule has 0 aliphatic heterocycles. The molecule has 1 saturated carbocycles. The Bertz CT molecular complexity index is 418. The molecule has 0 amide bonds. The van der Waals surface area contributed by atoms with Gasteiger partial charge in [-0.05, 0) is 37.5 Å². The first kappa shape index (κ1) is 11.9. The highest BCUT2D eigenvalue weighted by Gasteiger charge is 2.29. The zero-order valence-corrected chi connectivity index (χ0v) is 10.1. The SMILES string of the molecule is CC(N)c1ccnc(N(CCC#N)C2CC2)c1. The second kappa shape index (κ2) is 5.15. The lowest BCUT2D eigenvalue weighted by Gasteiger charge is -2.23. The molecule has 2 N–H and O–H groups in total. The maximum Gasteiger partial charge on any atom is 0.129 e. The van der Waals surface area contributed by atoms with Crippen molar-refractivity contribution in [2.24, 2.45) is 5.73 Å². The van der Waals surface area contributed by atoms with Crippen LogP contribution in [0, 0.1) is 11.3 Å². The van der Waals surface area contributed by atoms with Gasteiger partial charge in [-0.2, -0.15) is 5.26 Å². The zero-order chi connectivity index (χ0) is 12.3. The summed E-state index contributed by atoms with van der Waals surface area (Å²) in [5.41, 5.74) is 6.97. The van der Waals surface area contributed by atoms with E-state index in [2.05, 4.69) is 16.0 Å². The third-order valence-corrected chi connectivity index (χ3v) is 3.04. The Hall–Kier alpha value is -1.60. The Labute approximate surface area is 102 Å². The third kappa shape index (κ3) is 2.95. The van der Waals surface area contributed by atoms with Gasteiger partial charge in [-0.1, -0.05) is 0 Å². The van der Waals surface area contributed by atoms with Crippen molar-refractivity contribution in [2.45, 2.75) is 38.3 Å². The average molecular weight is 230 g/mol. The van der Waals surface area contributed by atoms with Crippen LogP contribution in [-0.2, 0) is 0 Å². The Kier molecular flexibility index (Phi) is 3.60. The maximum atomic E-state index is 8.69. The second-order valence-electron chi connectivity index (χ2n) is 4.57. The first-order valence-electron chi connectivity index (χ1n) is 6.07. The quantitative estimate of drug-likeness (QED) is 0.840. The van der Waals surface area contributed by atoms with Crippen molar-refractivity contribution >= 4 is 5.82 Å². The van der Waals surface area contributed by atoms with Crippen LogP contribution in [0.5, 0.6) is 0 Å². The number of rotatable bonds is 5. The highest BCUT2D eigenvalue weighted by Crippen LogP contribution is 2.31. The fourth-order valence-electron chi connectivity index (χ4n) is 1.92. The summed E-state index contributed by atoms with van der Waals surface area (Å²) in [6, 6.07) is 6.77. The summed E-state index contributed by atoms with van der Waals surface area (Å²) in [7, 11) is 0. The Morgan fingerprint density at radius 1 is 1.65 bits per heavy atom. The lowest BCUT2D eigenvalue weighted by atomic mass is 10.1. The van der Waals surface area contributed by atoms with Gasteiger partial charge in [0.1, 0.15) is 5.82 Å². The highest BCUT2D eigenvalue weighted by molar-refractivity contribution is 5.44. The summed E-state index contributed by atoms with van der Waals surface area (Å²) < 4.78 is 0. The van der Waals surface area contributed by atoms with Crippen LogP contribution >= 0.6 is 0 Å². The topological polar surface area (TPSA) is 65.9 Å². The smallest absolute Gasteiger partial charge is 0.129 e. The molecule has 17 heavy (non-hydrogen) atoms. The first-order valence-corrected chi connectivity index (χ1v) is 6.07. The van der Waals surface area contributed by atoms with E-state index in [4.69, 9.17) is 11.0 Å². The minimum atomic E-state index is 0.0220. The molecule has 1 aromatic heterocycles. The van der Waals surface area contributed by atoms with Crippen molar-refractivity contribution in [2.75, 3.05) is 11.4 Å². The molecule has 0 spiro atoms. The van der Waals surface area contributed by atoms with Gasteiger partial charge >= 0.3 is 0 Å². The molecule has 1 aliphatic rings. The van der Waals surface area contributed by atoms with E-state index in [0.29, 0.717) is 12.5 Å². The molecule has 1 atom stereocenters. The number of anilines is 1. The second-order valence-corrected chi connectivity index (χ2v) is 4.57. The molecule has 0 saturated heterocycles. The molecular weight excluding hydrogens is 212 g/mol. The minimum absolute atomic E-state index is 0.0220. The lowest BCUT2D eigenvalue weighted by Crippen LogP contribution is -2.27.